The summed E-state index contributed by atoms with van der Waals surface area (Å²) in [6.07, 6.45) is 2.89. The molecule has 3 rings (SSSR count). The van der Waals surface area contributed by atoms with Gasteiger partial charge in [-0.2, -0.15) is 0 Å². The van der Waals surface area contributed by atoms with Gasteiger partial charge in [-0.3, -0.25) is 9.59 Å². The molecule has 1 atom stereocenters. The van der Waals surface area contributed by atoms with Crippen LogP contribution in [0.1, 0.15) is 24.0 Å². The molecule has 0 spiro atoms. The van der Waals surface area contributed by atoms with Gasteiger partial charge in [-0.25, -0.2) is 0 Å². The molecule has 1 fully saturated rings. The number of amides is 2. The molecule has 2 amide bonds. The quantitative estimate of drug-likeness (QED) is 0.661. The normalized spacial score (nSPS) is 16.2. The third kappa shape index (κ3) is 7.52. The first-order valence-electron chi connectivity index (χ1n) is 10.1. The Kier molecular flexibility index (Phi) is 9.68. The molecule has 5 nitrogen and oxygen atoms in total. The number of carbonyl (C=O) groups is 2. The lowest BCUT2D eigenvalue weighted by molar-refractivity contribution is -0.138. The molecule has 2 N–H and O–H groups in total. The van der Waals surface area contributed by atoms with E-state index in [4.69, 9.17) is 0 Å². The molecule has 156 valence electrons. The van der Waals surface area contributed by atoms with Crippen LogP contribution in [0.4, 0.5) is 0 Å². The third-order valence-corrected chi connectivity index (χ3v) is 5.09. The van der Waals surface area contributed by atoms with Crippen molar-refractivity contribution in [3.63, 3.8) is 0 Å². The Morgan fingerprint density at radius 1 is 1.00 bits per heavy atom. The maximum Gasteiger partial charge on any atom is 0.240 e. The van der Waals surface area contributed by atoms with Crippen molar-refractivity contribution in [1.29, 1.82) is 0 Å². The number of nitrogens with zero attached hydrogens (tertiary/aromatic N) is 1. The van der Waals surface area contributed by atoms with Crippen molar-refractivity contribution in [2.24, 2.45) is 0 Å². The van der Waals surface area contributed by atoms with E-state index in [9.17, 15) is 9.59 Å². The zero-order valence-electron chi connectivity index (χ0n) is 16.7. The van der Waals surface area contributed by atoms with Crippen LogP contribution in [0, 0.1) is 0 Å². The van der Waals surface area contributed by atoms with E-state index in [0.29, 0.717) is 13.1 Å². The Bertz CT molecular complexity index is 755. The molecular formula is C23H30ClN3O2. The van der Waals surface area contributed by atoms with E-state index in [1.807, 2.05) is 53.4 Å². The Labute approximate surface area is 179 Å². The maximum absolute atomic E-state index is 12.7. The predicted octanol–water partition coefficient (Wildman–Crippen LogP) is 2.59. The summed E-state index contributed by atoms with van der Waals surface area (Å²) < 4.78 is 0. The highest BCUT2D eigenvalue weighted by Gasteiger charge is 2.29. The second kappa shape index (κ2) is 12.2. The van der Waals surface area contributed by atoms with Crippen molar-refractivity contribution in [1.82, 2.24) is 15.5 Å². The van der Waals surface area contributed by atoms with E-state index < -0.39 is 6.04 Å². The molecule has 1 aliphatic heterocycles. The summed E-state index contributed by atoms with van der Waals surface area (Å²) in [5.74, 6) is -0.0366. The fraction of sp³-hybridized carbons (Fsp3) is 0.391. The lowest BCUT2D eigenvalue weighted by Gasteiger charge is -2.33. The molecule has 29 heavy (non-hydrogen) atoms. The minimum Gasteiger partial charge on any atom is -0.356 e. The fourth-order valence-corrected chi connectivity index (χ4v) is 3.54. The first-order valence-corrected chi connectivity index (χ1v) is 10.1. The van der Waals surface area contributed by atoms with Crippen LogP contribution in [0.2, 0.25) is 0 Å². The number of hydrogen-bond acceptors (Lipinski definition) is 3. The van der Waals surface area contributed by atoms with Gasteiger partial charge in [0.05, 0.1) is 12.5 Å². The predicted molar refractivity (Wildman–Crippen MR) is 118 cm³/mol. The number of aryl methyl sites for hydroxylation is 1. The Morgan fingerprint density at radius 2 is 1.62 bits per heavy atom. The van der Waals surface area contributed by atoms with Crippen LogP contribution in [0.25, 0.3) is 0 Å². The van der Waals surface area contributed by atoms with Gasteiger partial charge in [0, 0.05) is 26.2 Å². The molecule has 0 aromatic heterocycles. The topological polar surface area (TPSA) is 61.4 Å². The number of rotatable bonds is 9. The van der Waals surface area contributed by atoms with Crippen LogP contribution < -0.4 is 10.6 Å². The smallest absolute Gasteiger partial charge is 0.240 e. The van der Waals surface area contributed by atoms with E-state index in [0.717, 1.165) is 32.4 Å². The lowest BCUT2D eigenvalue weighted by Crippen LogP contribution is -2.56. The van der Waals surface area contributed by atoms with Crippen LogP contribution in [-0.4, -0.2) is 48.9 Å². The molecule has 0 bridgehead atoms. The molecule has 1 saturated heterocycles. The molecule has 0 radical (unpaired) electrons. The van der Waals surface area contributed by atoms with Crippen LogP contribution in [0.3, 0.4) is 0 Å². The van der Waals surface area contributed by atoms with Crippen LogP contribution in [-0.2, 0) is 22.4 Å². The number of piperazine rings is 1. The molecule has 0 saturated carbocycles. The van der Waals surface area contributed by atoms with E-state index in [1.54, 1.807) is 0 Å². The number of halogens is 1. The molecule has 1 heterocycles. The van der Waals surface area contributed by atoms with Crippen molar-refractivity contribution in [3.05, 3.63) is 71.8 Å². The fourth-order valence-electron chi connectivity index (χ4n) is 3.54. The molecule has 6 heteroatoms. The SMILES string of the molecule is Cl.O=C(CC1NCCN(CCCc2ccccc2)C1=O)NCCc1ccccc1. The summed E-state index contributed by atoms with van der Waals surface area (Å²) >= 11 is 0. The van der Waals surface area contributed by atoms with Gasteiger partial charge in [-0.15, -0.1) is 12.4 Å². The number of nitrogens with one attached hydrogen (secondary N) is 2. The number of carbonyl (C=O) groups excluding carboxylic acids is 2. The monoisotopic (exact) mass is 415 g/mol. The van der Waals surface area contributed by atoms with E-state index >= 15 is 0 Å². The van der Waals surface area contributed by atoms with Gasteiger partial charge in [0.25, 0.3) is 0 Å². The highest BCUT2D eigenvalue weighted by molar-refractivity contribution is 5.88. The molecule has 1 aliphatic rings. The van der Waals surface area contributed by atoms with Crippen molar-refractivity contribution in [2.45, 2.75) is 31.7 Å². The van der Waals surface area contributed by atoms with Gasteiger partial charge in [-0.05, 0) is 30.4 Å². The van der Waals surface area contributed by atoms with E-state index in [1.165, 1.54) is 11.1 Å². The lowest BCUT2D eigenvalue weighted by atomic mass is 10.1. The summed E-state index contributed by atoms with van der Waals surface area (Å²) in [6, 6.07) is 20.0. The van der Waals surface area contributed by atoms with Crippen molar-refractivity contribution >= 4 is 24.2 Å². The molecule has 2 aromatic carbocycles. The van der Waals surface area contributed by atoms with Gasteiger partial charge < -0.3 is 15.5 Å². The molecular weight excluding hydrogens is 386 g/mol. The highest BCUT2D eigenvalue weighted by Crippen LogP contribution is 2.09. The zero-order valence-corrected chi connectivity index (χ0v) is 17.5. The number of hydrogen-bond donors (Lipinski definition) is 2. The first-order chi connectivity index (χ1) is 13.7. The van der Waals surface area contributed by atoms with Gasteiger partial charge in [0.15, 0.2) is 0 Å². The van der Waals surface area contributed by atoms with Crippen LogP contribution in [0.15, 0.2) is 60.7 Å². The van der Waals surface area contributed by atoms with Gasteiger partial charge in [0.2, 0.25) is 11.8 Å². The van der Waals surface area contributed by atoms with Crippen molar-refractivity contribution in [2.75, 3.05) is 26.2 Å². The second-order valence-corrected chi connectivity index (χ2v) is 7.21. The van der Waals surface area contributed by atoms with E-state index in [-0.39, 0.29) is 30.6 Å². The Balaban J connectivity index is 0.00000300. The number of benzene rings is 2. The highest BCUT2D eigenvalue weighted by atomic mass is 35.5. The first kappa shape index (κ1) is 22.9. The maximum atomic E-state index is 12.7. The summed E-state index contributed by atoms with van der Waals surface area (Å²) in [4.78, 5) is 26.8. The average molecular weight is 416 g/mol. The average Bonchev–Trinajstić information content (AvgIpc) is 2.72. The third-order valence-electron chi connectivity index (χ3n) is 5.09. The summed E-state index contributed by atoms with van der Waals surface area (Å²) in [7, 11) is 0. The van der Waals surface area contributed by atoms with Crippen LogP contribution >= 0.6 is 12.4 Å². The summed E-state index contributed by atoms with van der Waals surface area (Å²) in [6.45, 7) is 2.77. The molecule has 1 unspecified atom stereocenters. The van der Waals surface area contributed by atoms with Gasteiger partial charge >= 0.3 is 0 Å². The van der Waals surface area contributed by atoms with Crippen LogP contribution in [0.5, 0.6) is 0 Å². The van der Waals surface area contributed by atoms with Gasteiger partial charge in [-0.1, -0.05) is 60.7 Å². The Hall–Kier alpha value is -2.37. The summed E-state index contributed by atoms with van der Waals surface area (Å²) in [5, 5.41) is 6.12. The minimum absolute atomic E-state index is 0. The largest absolute Gasteiger partial charge is 0.356 e. The standard InChI is InChI=1S/C23H29N3O2.ClH/c27-22(25-14-13-20-10-5-2-6-11-20)18-21-23(28)26(17-15-24-21)16-7-12-19-8-3-1-4-9-19;/h1-6,8-11,21,24H,7,12-18H2,(H,25,27);1H. The van der Waals surface area contributed by atoms with Crippen molar-refractivity contribution < 1.29 is 9.59 Å². The zero-order chi connectivity index (χ0) is 19.6. The van der Waals surface area contributed by atoms with Crippen molar-refractivity contribution in [3.8, 4) is 0 Å². The summed E-state index contributed by atoms with van der Waals surface area (Å²) in [5.41, 5.74) is 2.48. The second-order valence-electron chi connectivity index (χ2n) is 7.21. The Morgan fingerprint density at radius 3 is 2.28 bits per heavy atom. The minimum atomic E-state index is -0.415. The van der Waals surface area contributed by atoms with Gasteiger partial charge in [0.1, 0.15) is 0 Å². The molecule has 0 aliphatic carbocycles. The van der Waals surface area contributed by atoms with E-state index in [2.05, 4.69) is 22.8 Å². The molecule has 2 aromatic rings.